The Hall–Kier alpha value is 0.463. The SMILES string of the molecule is C=C[CH2][Zr]([NH2])([O]C)([O]C)[O]C. The predicted octanol–water partition coefficient (Wildman–Crippen LogP) is 0.838. The summed E-state index contributed by atoms with van der Waals surface area (Å²) in [5.74, 6) is 0. The van der Waals surface area contributed by atoms with Gasteiger partial charge in [0.2, 0.25) is 0 Å². The third-order valence-corrected chi connectivity index (χ3v) is 10.6. The summed E-state index contributed by atoms with van der Waals surface area (Å²) < 4.78 is 21.8. The van der Waals surface area contributed by atoms with Crippen molar-refractivity contribution in [2.75, 3.05) is 21.3 Å². The van der Waals surface area contributed by atoms with Gasteiger partial charge in [0, 0.05) is 0 Å². The quantitative estimate of drug-likeness (QED) is 0.725. The van der Waals surface area contributed by atoms with Crippen LogP contribution in [0, 0.1) is 0 Å². The summed E-state index contributed by atoms with van der Waals surface area (Å²) in [6.07, 6.45) is 1.65. The molecule has 0 rings (SSSR count). The van der Waals surface area contributed by atoms with E-state index in [9.17, 15) is 0 Å². The summed E-state index contributed by atoms with van der Waals surface area (Å²) in [6.45, 7) is 3.57. The van der Waals surface area contributed by atoms with Crippen molar-refractivity contribution in [3.63, 3.8) is 0 Å². The van der Waals surface area contributed by atoms with Gasteiger partial charge in [-0.25, -0.2) is 0 Å². The number of hydrogen-bond donors (Lipinski definition) is 1. The van der Waals surface area contributed by atoms with Crippen molar-refractivity contribution in [3.05, 3.63) is 12.7 Å². The molecule has 0 saturated heterocycles. The van der Waals surface area contributed by atoms with E-state index in [0.717, 1.165) is 0 Å². The van der Waals surface area contributed by atoms with E-state index < -0.39 is 20.4 Å². The average Bonchev–Trinajstić information content (AvgIpc) is 2.06. The maximum atomic E-state index is 5.90. The second kappa shape index (κ2) is 3.92. The second-order valence-corrected chi connectivity index (χ2v) is 12.5. The van der Waals surface area contributed by atoms with E-state index in [1.54, 1.807) is 6.08 Å². The normalized spacial score (nSPS) is 15.5. The zero-order chi connectivity index (χ0) is 8.98. The van der Waals surface area contributed by atoms with E-state index in [0.29, 0.717) is 4.13 Å². The molecule has 0 spiro atoms. The molecule has 0 heterocycles. The minimum atomic E-state index is -4.17. The van der Waals surface area contributed by atoms with Gasteiger partial charge in [-0.1, -0.05) is 0 Å². The molecule has 0 amide bonds. The van der Waals surface area contributed by atoms with Crippen LogP contribution in [0.4, 0.5) is 0 Å². The van der Waals surface area contributed by atoms with Crippen molar-refractivity contribution in [2.45, 2.75) is 4.13 Å². The number of hydrogen-bond acceptors (Lipinski definition) is 4. The van der Waals surface area contributed by atoms with Crippen LogP contribution in [-0.4, -0.2) is 21.3 Å². The topological polar surface area (TPSA) is 53.7 Å². The molecule has 0 aliphatic heterocycles. The fraction of sp³-hybridized carbons (Fsp3) is 0.667. The standard InChI is InChI=1S/C3H5.3CH3O.H2N.Zr/c1-3-2;3*1-2;;/h3H,1-2H2;3*1H3;1H2;/q;4*-1;+4. The Kier molecular flexibility index (Phi) is 4.08. The van der Waals surface area contributed by atoms with Gasteiger partial charge in [-0.3, -0.25) is 0 Å². The van der Waals surface area contributed by atoms with Crippen molar-refractivity contribution in [1.82, 2.24) is 0 Å². The molecule has 0 aliphatic carbocycles. The van der Waals surface area contributed by atoms with Crippen LogP contribution in [0.1, 0.15) is 0 Å². The summed E-state index contributed by atoms with van der Waals surface area (Å²) in [7, 11) is 4.51. The first-order valence-corrected chi connectivity index (χ1v) is 9.46. The van der Waals surface area contributed by atoms with Gasteiger partial charge in [-0.2, -0.15) is 0 Å². The zero-order valence-corrected chi connectivity index (χ0v) is 9.75. The summed E-state index contributed by atoms with van der Waals surface area (Å²) in [5.41, 5.74) is 0. The Labute approximate surface area is 70.7 Å². The fourth-order valence-corrected chi connectivity index (χ4v) is 4.50. The van der Waals surface area contributed by atoms with Crippen LogP contribution in [0.3, 0.4) is 0 Å². The van der Waals surface area contributed by atoms with E-state index >= 15 is 0 Å². The Morgan fingerprint density at radius 1 is 1.27 bits per heavy atom. The molecule has 0 unspecified atom stereocenters. The van der Waals surface area contributed by atoms with Gasteiger partial charge in [0.1, 0.15) is 0 Å². The van der Waals surface area contributed by atoms with Crippen LogP contribution in [0.5, 0.6) is 0 Å². The number of allylic oxidation sites excluding steroid dienone is 1. The average molecular weight is 241 g/mol. The fourth-order valence-electron chi connectivity index (χ4n) is 0.760. The zero-order valence-electron chi connectivity index (χ0n) is 7.29. The molecule has 0 saturated carbocycles. The molecule has 2 N–H and O–H groups in total. The number of nitrogens with two attached hydrogens (primary N) is 1. The Bertz CT molecular complexity index is 136. The summed E-state index contributed by atoms with van der Waals surface area (Å²) in [6, 6.07) is 0. The summed E-state index contributed by atoms with van der Waals surface area (Å²) >= 11 is -4.17. The Morgan fingerprint density at radius 3 is 1.73 bits per heavy atom. The first-order chi connectivity index (χ1) is 5.04. The summed E-state index contributed by atoms with van der Waals surface area (Å²) in [5, 5.41) is 0. The van der Waals surface area contributed by atoms with Gasteiger partial charge in [0.15, 0.2) is 0 Å². The first-order valence-electron chi connectivity index (χ1n) is 3.30. The molecular formula is C6H16NO3Zr. The van der Waals surface area contributed by atoms with Crippen molar-refractivity contribution < 1.29 is 28.8 Å². The molecule has 11 heavy (non-hydrogen) atoms. The molecule has 0 aromatic carbocycles. The molecular weight excluding hydrogens is 225 g/mol. The maximum absolute atomic E-state index is 5.90. The first kappa shape index (κ1) is 11.5. The van der Waals surface area contributed by atoms with Crippen molar-refractivity contribution >= 4 is 0 Å². The van der Waals surface area contributed by atoms with Crippen LogP contribution in [-0.2, 0) is 28.8 Å². The van der Waals surface area contributed by atoms with E-state index in [2.05, 4.69) is 6.58 Å². The molecule has 0 fully saturated rings. The molecule has 0 aliphatic rings. The van der Waals surface area contributed by atoms with Crippen molar-refractivity contribution in [2.24, 2.45) is 3.68 Å². The van der Waals surface area contributed by atoms with Gasteiger partial charge >= 0.3 is 70.6 Å². The van der Waals surface area contributed by atoms with E-state index in [4.69, 9.17) is 12.1 Å². The molecule has 0 aromatic rings. The van der Waals surface area contributed by atoms with Gasteiger partial charge in [0.25, 0.3) is 0 Å². The van der Waals surface area contributed by atoms with Crippen molar-refractivity contribution in [3.8, 4) is 0 Å². The number of rotatable bonds is 5. The van der Waals surface area contributed by atoms with Gasteiger partial charge in [-0.05, 0) is 0 Å². The van der Waals surface area contributed by atoms with Gasteiger partial charge in [0.05, 0.1) is 0 Å². The van der Waals surface area contributed by atoms with Gasteiger partial charge in [-0.15, -0.1) is 0 Å². The molecule has 5 heteroatoms. The van der Waals surface area contributed by atoms with Crippen LogP contribution < -0.4 is 3.68 Å². The Morgan fingerprint density at radius 2 is 1.64 bits per heavy atom. The van der Waals surface area contributed by atoms with E-state index in [-0.39, 0.29) is 0 Å². The van der Waals surface area contributed by atoms with Crippen LogP contribution in [0.15, 0.2) is 12.7 Å². The molecule has 67 valence electrons. The van der Waals surface area contributed by atoms with Gasteiger partial charge < -0.3 is 0 Å². The molecule has 0 aromatic heterocycles. The predicted molar refractivity (Wildman–Crippen MR) is 40.2 cm³/mol. The van der Waals surface area contributed by atoms with E-state index in [1.165, 1.54) is 21.3 Å². The molecule has 0 atom stereocenters. The molecule has 0 bridgehead atoms. The minimum absolute atomic E-state index is 0.463. The second-order valence-electron chi connectivity index (χ2n) is 2.35. The summed E-state index contributed by atoms with van der Waals surface area (Å²) in [4.78, 5) is 0. The van der Waals surface area contributed by atoms with Crippen LogP contribution >= 0.6 is 0 Å². The monoisotopic (exact) mass is 240 g/mol. The third kappa shape index (κ3) is 2.46. The van der Waals surface area contributed by atoms with Crippen LogP contribution in [0.2, 0.25) is 4.13 Å². The van der Waals surface area contributed by atoms with Crippen LogP contribution in [0.25, 0.3) is 0 Å². The molecule has 0 radical (unpaired) electrons. The third-order valence-electron chi connectivity index (χ3n) is 1.80. The molecule has 4 nitrogen and oxygen atoms in total. The Balaban J connectivity index is 4.57. The van der Waals surface area contributed by atoms with Crippen molar-refractivity contribution in [1.29, 1.82) is 0 Å². The van der Waals surface area contributed by atoms with E-state index in [1.807, 2.05) is 0 Å².